The molecule has 0 fully saturated rings. The van der Waals surface area contributed by atoms with Crippen LogP contribution < -0.4 is 15.0 Å². The molecular formula is C25H30F2N2O4. The highest BCUT2D eigenvalue weighted by Crippen LogP contribution is 2.22. The van der Waals surface area contributed by atoms with E-state index >= 15 is 0 Å². The molecule has 6 nitrogen and oxygen atoms in total. The molecule has 0 aliphatic heterocycles. The third kappa shape index (κ3) is 8.21. The second-order valence-corrected chi connectivity index (χ2v) is 8.45. The lowest BCUT2D eigenvalue weighted by Gasteiger charge is -2.29. The quantitative estimate of drug-likeness (QED) is 0.534. The molecule has 2 rings (SSSR count). The van der Waals surface area contributed by atoms with Crippen LogP contribution in [0.4, 0.5) is 19.3 Å². The molecule has 33 heavy (non-hydrogen) atoms. The highest BCUT2D eigenvalue weighted by molar-refractivity contribution is 5.99. The first-order valence-corrected chi connectivity index (χ1v) is 10.5. The van der Waals surface area contributed by atoms with E-state index < -0.39 is 35.3 Å². The average Bonchev–Trinajstić information content (AvgIpc) is 2.71. The van der Waals surface area contributed by atoms with Gasteiger partial charge in [0.2, 0.25) is 5.91 Å². The topological polar surface area (TPSA) is 67.9 Å². The van der Waals surface area contributed by atoms with Crippen LogP contribution in [-0.4, -0.2) is 37.3 Å². The second kappa shape index (κ2) is 11.4. The van der Waals surface area contributed by atoms with E-state index in [1.54, 1.807) is 51.1 Å². The van der Waals surface area contributed by atoms with Gasteiger partial charge in [-0.05, 0) is 69.2 Å². The smallest absolute Gasteiger partial charge is 0.408 e. The number of halogens is 2. The van der Waals surface area contributed by atoms with Crippen LogP contribution in [0.2, 0.25) is 0 Å². The maximum absolute atomic E-state index is 13.8. The molecule has 1 atom stereocenters. The molecule has 0 spiro atoms. The number of ether oxygens (including phenoxy) is 2. The molecule has 8 heteroatoms. The van der Waals surface area contributed by atoms with Gasteiger partial charge in [-0.1, -0.05) is 6.08 Å². The maximum atomic E-state index is 13.8. The molecule has 0 unspecified atom stereocenters. The van der Waals surface area contributed by atoms with Crippen LogP contribution in [-0.2, 0) is 16.0 Å². The van der Waals surface area contributed by atoms with Gasteiger partial charge in [-0.15, -0.1) is 6.58 Å². The molecule has 0 bridgehead atoms. The van der Waals surface area contributed by atoms with Crippen LogP contribution in [0.5, 0.6) is 5.75 Å². The summed E-state index contributed by atoms with van der Waals surface area (Å²) in [7, 11) is 1.54. The first-order chi connectivity index (χ1) is 15.5. The predicted octanol–water partition coefficient (Wildman–Crippen LogP) is 5.02. The molecule has 0 heterocycles. The maximum Gasteiger partial charge on any atom is 0.408 e. The summed E-state index contributed by atoms with van der Waals surface area (Å²) in [6.45, 7) is 9.07. The van der Waals surface area contributed by atoms with Gasteiger partial charge in [0.25, 0.3) is 0 Å². The first-order valence-electron chi connectivity index (χ1n) is 10.5. The van der Waals surface area contributed by atoms with Crippen LogP contribution >= 0.6 is 0 Å². The van der Waals surface area contributed by atoms with Gasteiger partial charge in [-0.25, -0.2) is 13.6 Å². The zero-order chi connectivity index (χ0) is 24.6. The number of rotatable bonds is 9. The number of nitrogens with zero attached hydrogens (tertiary/aromatic N) is 1. The Morgan fingerprint density at radius 3 is 2.24 bits per heavy atom. The second-order valence-electron chi connectivity index (χ2n) is 8.45. The lowest BCUT2D eigenvalue weighted by molar-refractivity contribution is -0.120. The van der Waals surface area contributed by atoms with Crippen LogP contribution in [0.25, 0.3) is 0 Å². The van der Waals surface area contributed by atoms with Crippen LogP contribution in [0.15, 0.2) is 55.1 Å². The Kier molecular flexibility index (Phi) is 8.96. The van der Waals surface area contributed by atoms with E-state index in [1.807, 2.05) is 0 Å². The van der Waals surface area contributed by atoms with Gasteiger partial charge >= 0.3 is 6.09 Å². The largest absolute Gasteiger partial charge is 0.497 e. The van der Waals surface area contributed by atoms with Gasteiger partial charge in [-0.3, -0.25) is 4.79 Å². The molecule has 1 N–H and O–H groups in total. The SMILES string of the molecule is C=CCCN(C(=O)[C@H](Cc1cc(F)cc(F)c1)NC(=O)OC(C)(C)C)c1ccc(OC)cc1. The summed E-state index contributed by atoms with van der Waals surface area (Å²) in [5, 5.41) is 2.56. The van der Waals surface area contributed by atoms with Crippen molar-refractivity contribution in [3.8, 4) is 5.75 Å². The molecule has 2 amide bonds. The molecule has 0 aromatic heterocycles. The predicted molar refractivity (Wildman–Crippen MR) is 123 cm³/mol. The Morgan fingerprint density at radius 2 is 1.73 bits per heavy atom. The number of hydrogen-bond donors (Lipinski definition) is 1. The Labute approximate surface area is 193 Å². The van der Waals surface area contributed by atoms with E-state index in [1.165, 1.54) is 12.0 Å². The summed E-state index contributed by atoms with van der Waals surface area (Å²) in [5.74, 6) is -1.38. The van der Waals surface area contributed by atoms with Crippen molar-refractivity contribution < 1.29 is 27.8 Å². The van der Waals surface area contributed by atoms with Crippen molar-refractivity contribution in [2.24, 2.45) is 0 Å². The van der Waals surface area contributed by atoms with E-state index in [0.29, 0.717) is 24.4 Å². The van der Waals surface area contributed by atoms with Crippen LogP contribution in [0.1, 0.15) is 32.8 Å². The number of carbonyl (C=O) groups is 2. The van der Waals surface area contributed by atoms with Gasteiger partial charge in [0.15, 0.2) is 0 Å². The lowest BCUT2D eigenvalue weighted by Crippen LogP contribution is -2.51. The van der Waals surface area contributed by atoms with Crippen molar-refractivity contribution in [1.82, 2.24) is 5.32 Å². The number of methoxy groups -OCH3 is 1. The summed E-state index contributed by atoms with van der Waals surface area (Å²) in [6.07, 6.45) is 1.22. The number of carbonyl (C=O) groups excluding carboxylic acids is 2. The van der Waals surface area contributed by atoms with Crippen molar-refractivity contribution in [3.05, 3.63) is 72.3 Å². The Bertz CT molecular complexity index is 951. The summed E-state index contributed by atoms with van der Waals surface area (Å²) in [5.41, 5.74) is 0.00519. The van der Waals surface area contributed by atoms with Crippen molar-refractivity contribution in [1.29, 1.82) is 0 Å². The molecule has 178 valence electrons. The monoisotopic (exact) mass is 460 g/mol. The molecule has 0 saturated heterocycles. The normalized spacial score (nSPS) is 11.9. The highest BCUT2D eigenvalue weighted by Gasteiger charge is 2.29. The lowest BCUT2D eigenvalue weighted by atomic mass is 10.0. The Morgan fingerprint density at radius 1 is 1.12 bits per heavy atom. The molecule has 2 aromatic carbocycles. The van der Waals surface area contributed by atoms with Crippen LogP contribution in [0, 0.1) is 11.6 Å². The van der Waals surface area contributed by atoms with Crippen molar-refractivity contribution >= 4 is 17.7 Å². The van der Waals surface area contributed by atoms with Gasteiger partial charge in [0.05, 0.1) is 7.11 Å². The number of anilines is 1. The Balaban J connectivity index is 2.39. The van der Waals surface area contributed by atoms with Crippen molar-refractivity contribution in [2.45, 2.75) is 45.3 Å². The van der Waals surface area contributed by atoms with Gasteiger partial charge in [0.1, 0.15) is 29.0 Å². The van der Waals surface area contributed by atoms with E-state index in [0.717, 1.165) is 18.2 Å². The summed E-state index contributed by atoms with van der Waals surface area (Å²) in [4.78, 5) is 27.5. The van der Waals surface area contributed by atoms with Crippen molar-refractivity contribution in [3.63, 3.8) is 0 Å². The minimum atomic E-state index is -1.13. The molecule has 0 saturated carbocycles. The molecule has 0 radical (unpaired) electrons. The number of hydrogen-bond acceptors (Lipinski definition) is 4. The average molecular weight is 461 g/mol. The number of nitrogens with one attached hydrogen (secondary N) is 1. The fourth-order valence-electron chi connectivity index (χ4n) is 3.15. The zero-order valence-electron chi connectivity index (χ0n) is 19.4. The third-order valence-corrected chi connectivity index (χ3v) is 4.56. The first kappa shape index (κ1) is 25.8. The van der Waals surface area contributed by atoms with E-state index in [4.69, 9.17) is 9.47 Å². The van der Waals surface area contributed by atoms with Gasteiger partial charge < -0.3 is 19.7 Å². The standard InChI is InChI=1S/C25H30F2N2O4/c1-6-7-12-29(20-8-10-21(32-5)11-9-20)23(30)22(28-24(31)33-25(2,3)4)15-17-13-18(26)16-19(27)14-17/h6,8-11,13-14,16,22H,1,7,12,15H2,2-5H3,(H,28,31)/t22-/m0/s1. The molecule has 2 aromatic rings. The number of amides is 2. The minimum absolute atomic E-state index is 0.131. The third-order valence-electron chi connectivity index (χ3n) is 4.56. The molecule has 0 aliphatic carbocycles. The molecular weight excluding hydrogens is 430 g/mol. The van der Waals surface area contributed by atoms with E-state index in [2.05, 4.69) is 11.9 Å². The fourth-order valence-corrected chi connectivity index (χ4v) is 3.15. The summed E-state index contributed by atoms with van der Waals surface area (Å²) >= 11 is 0. The highest BCUT2D eigenvalue weighted by atomic mass is 19.1. The zero-order valence-corrected chi connectivity index (χ0v) is 19.4. The van der Waals surface area contributed by atoms with Gasteiger partial charge in [0, 0.05) is 24.7 Å². The van der Waals surface area contributed by atoms with Crippen molar-refractivity contribution in [2.75, 3.05) is 18.6 Å². The fraction of sp³-hybridized carbons (Fsp3) is 0.360. The minimum Gasteiger partial charge on any atom is -0.497 e. The number of alkyl carbamates (subject to hydrolysis) is 1. The van der Waals surface area contributed by atoms with E-state index in [9.17, 15) is 18.4 Å². The summed E-state index contributed by atoms with van der Waals surface area (Å²) in [6, 6.07) is 8.72. The van der Waals surface area contributed by atoms with Gasteiger partial charge in [-0.2, -0.15) is 0 Å². The Hall–Kier alpha value is -3.42. The van der Waals surface area contributed by atoms with E-state index in [-0.39, 0.29) is 12.0 Å². The van der Waals surface area contributed by atoms with Crippen LogP contribution in [0.3, 0.4) is 0 Å². The number of benzene rings is 2. The molecule has 0 aliphatic rings. The summed E-state index contributed by atoms with van der Waals surface area (Å²) < 4.78 is 38.0.